The third kappa shape index (κ3) is 5.67. The summed E-state index contributed by atoms with van der Waals surface area (Å²) in [6, 6.07) is 12.7. The number of aliphatic hydroxyl groups excluding tert-OH is 1. The zero-order valence-corrected chi connectivity index (χ0v) is 20.0. The van der Waals surface area contributed by atoms with Crippen molar-refractivity contribution < 1.29 is 23.0 Å². The average Bonchev–Trinajstić information content (AvgIpc) is 3.39. The molecule has 2 aromatic carbocycles. The molecule has 2 N–H and O–H groups in total. The van der Waals surface area contributed by atoms with Crippen LogP contribution in [0.3, 0.4) is 0 Å². The molecular weight excluding hydrogens is 485 g/mol. The zero-order valence-electron chi connectivity index (χ0n) is 20.0. The summed E-state index contributed by atoms with van der Waals surface area (Å²) >= 11 is 0. The fourth-order valence-corrected chi connectivity index (χ4v) is 4.57. The molecule has 1 atom stereocenters. The second-order valence-corrected chi connectivity index (χ2v) is 8.98. The SMILES string of the molecule is OCCN1CCC[C@@H](Nc2nnc(-c3ccc(C(F)(F)F)cc3OCc3ccccc3)n3ccnc23)C1. The lowest BCUT2D eigenvalue weighted by Crippen LogP contribution is -2.43. The lowest BCUT2D eigenvalue weighted by Gasteiger charge is -2.32. The Balaban J connectivity index is 1.47. The van der Waals surface area contributed by atoms with Crippen LogP contribution in [-0.2, 0) is 12.8 Å². The van der Waals surface area contributed by atoms with Gasteiger partial charge in [-0.1, -0.05) is 30.3 Å². The summed E-state index contributed by atoms with van der Waals surface area (Å²) in [6.45, 7) is 2.51. The van der Waals surface area contributed by atoms with Crippen LogP contribution in [0.4, 0.5) is 19.0 Å². The Morgan fingerprint density at radius 3 is 2.73 bits per heavy atom. The maximum absolute atomic E-state index is 13.5. The topological polar surface area (TPSA) is 87.8 Å². The highest BCUT2D eigenvalue weighted by Gasteiger charge is 2.32. The Morgan fingerprint density at radius 2 is 1.95 bits per heavy atom. The van der Waals surface area contributed by atoms with Crippen LogP contribution < -0.4 is 10.1 Å². The van der Waals surface area contributed by atoms with Gasteiger partial charge in [0.25, 0.3) is 0 Å². The number of aromatic nitrogens is 4. The van der Waals surface area contributed by atoms with Crippen LogP contribution in [-0.4, -0.2) is 61.9 Å². The van der Waals surface area contributed by atoms with E-state index in [0.717, 1.165) is 43.6 Å². The van der Waals surface area contributed by atoms with Crippen LogP contribution in [0.2, 0.25) is 0 Å². The number of imidazole rings is 1. The number of alkyl halides is 3. The lowest BCUT2D eigenvalue weighted by atomic mass is 10.1. The maximum Gasteiger partial charge on any atom is 0.416 e. The van der Waals surface area contributed by atoms with Crippen molar-refractivity contribution in [1.29, 1.82) is 0 Å². The van der Waals surface area contributed by atoms with Crippen molar-refractivity contribution in [3.63, 3.8) is 0 Å². The molecule has 0 radical (unpaired) electrons. The van der Waals surface area contributed by atoms with E-state index in [0.29, 0.717) is 29.4 Å². The van der Waals surface area contributed by atoms with E-state index in [-0.39, 0.29) is 25.0 Å². The number of hydrogen-bond acceptors (Lipinski definition) is 7. The largest absolute Gasteiger partial charge is 0.488 e. The van der Waals surface area contributed by atoms with Gasteiger partial charge in [0.2, 0.25) is 0 Å². The number of fused-ring (bicyclic) bond motifs is 1. The summed E-state index contributed by atoms with van der Waals surface area (Å²) < 4.78 is 48.1. The minimum absolute atomic E-state index is 0.0515. The number of benzene rings is 2. The van der Waals surface area contributed by atoms with E-state index in [1.54, 1.807) is 16.8 Å². The molecule has 1 fully saturated rings. The van der Waals surface area contributed by atoms with Gasteiger partial charge < -0.3 is 15.2 Å². The predicted octanol–water partition coefficient (Wildman–Crippen LogP) is 4.26. The first kappa shape index (κ1) is 25.0. The number of likely N-dealkylation sites (tertiary alicyclic amines) is 1. The van der Waals surface area contributed by atoms with Gasteiger partial charge in [0, 0.05) is 31.5 Å². The molecule has 0 aliphatic carbocycles. The number of rotatable bonds is 8. The third-order valence-corrected chi connectivity index (χ3v) is 6.38. The molecule has 11 heteroatoms. The van der Waals surface area contributed by atoms with E-state index in [1.807, 2.05) is 30.3 Å². The van der Waals surface area contributed by atoms with Crippen LogP contribution >= 0.6 is 0 Å². The summed E-state index contributed by atoms with van der Waals surface area (Å²) in [4.78, 5) is 6.61. The fraction of sp³-hybridized carbons (Fsp3) is 0.346. The van der Waals surface area contributed by atoms with Crippen LogP contribution in [0.5, 0.6) is 5.75 Å². The van der Waals surface area contributed by atoms with Gasteiger partial charge in [0.1, 0.15) is 12.4 Å². The Hall–Kier alpha value is -3.70. The summed E-state index contributed by atoms with van der Waals surface area (Å²) in [5.74, 6) is 0.860. The smallest absolute Gasteiger partial charge is 0.416 e. The van der Waals surface area contributed by atoms with Crippen molar-refractivity contribution in [2.24, 2.45) is 0 Å². The van der Waals surface area contributed by atoms with Crippen molar-refractivity contribution in [3.05, 3.63) is 72.1 Å². The molecule has 5 rings (SSSR count). The second kappa shape index (κ2) is 10.7. The van der Waals surface area contributed by atoms with Crippen molar-refractivity contribution >= 4 is 11.5 Å². The number of piperidine rings is 1. The molecule has 4 aromatic rings. The highest BCUT2D eigenvalue weighted by molar-refractivity contribution is 5.71. The van der Waals surface area contributed by atoms with Crippen LogP contribution in [0, 0.1) is 0 Å². The molecule has 8 nitrogen and oxygen atoms in total. The Bertz CT molecular complexity index is 1340. The van der Waals surface area contributed by atoms with E-state index < -0.39 is 11.7 Å². The van der Waals surface area contributed by atoms with Crippen molar-refractivity contribution in [1.82, 2.24) is 24.5 Å². The fourth-order valence-electron chi connectivity index (χ4n) is 4.57. The van der Waals surface area contributed by atoms with E-state index in [9.17, 15) is 18.3 Å². The molecular formula is C26H27F3N6O2. The lowest BCUT2D eigenvalue weighted by molar-refractivity contribution is -0.137. The number of hydrogen-bond donors (Lipinski definition) is 2. The normalized spacial score (nSPS) is 16.7. The van der Waals surface area contributed by atoms with Gasteiger partial charge in [-0.3, -0.25) is 9.30 Å². The van der Waals surface area contributed by atoms with Crippen molar-refractivity contribution in [3.8, 4) is 17.1 Å². The number of halogens is 3. The van der Waals surface area contributed by atoms with E-state index in [1.165, 1.54) is 6.07 Å². The molecule has 0 spiro atoms. The third-order valence-electron chi connectivity index (χ3n) is 6.38. The predicted molar refractivity (Wildman–Crippen MR) is 132 cm³/mol. The number of nitrogens with zero attached hydrogens (tertiary/aromatic N) is 5. The standard InChI is InChI=1S/C26H27F3N6O2/c27-26(28,29)19-8-9-21(22(15-19)37-17-18-5-2-1-3-6-18)24-33-32-23(25-30-10-12-35(24)25)31-20-7-4-11-34(16-20)13-14-36/h1-3,5-6,8-10,12,15,20,36H,4,7,11,13-14,16-17H2,(H,31,32)/t20-/m1/s1. The van der Waals surface area contributed by atoms with Crippen LogP contribution in [0.1, 0.15) is 24.0 Å². The van der Waals surface area contributed by atoms with Crippen LogP contribution in [0.25, 0.3) is 17.0 Å². The van der Waals surface area contributed by atoms with Gasteiger partial charge in [-0.05, 0) is 43.1 Å². The van der Waals surface area contributed by atoms with Gasteiger partial charge in [-0.25, -0.2) is 4.98 Å². The van der Waals surface area contributed by atoms with E-state index in [4.69, 9.17) is 4.74 Å². The van der Waals surface area contributed by atoms with Gasteiger partial charge in [0.15, 0.2) is 17.3 Å². The van der Waals surface area contributed by atoms with Gasteiger partial charge in [-0.15, -0.1) is 10.2 Å². The highest BCUT2D eigenvalue weighted by Crippen LogP contribution is 2.37. The van der Waals surface area contributed by atoms with Gasteiger partial charge in [-0.2, -0.15) is 13.2 Å². The number of anilines is 1. The second-order valence-electron chi connectivity index (χ2n) is 8.98. The van der Waals surface area contributed by atoms with E-state index >= 15 is 0 Å². The van der Waals surface area contributed by atoms with Crippen molar-refractivity contribution in [2.75, 3.05) is 31.6 Å². The first-order valence-electron chi connectivity index (χ1n) is 12.1. The zero-order chi connectivity index (χ0) is 25.8. The molecule has 37 heavy (non-hydrogen) atoms. The molecule has 1 aliphatic heterocycles. The Kier molecular flexibility index (Phi) is 7.24. The molecule has 194 valence electrons. The molecule has 0 bridgehead atoms. The highest BCUT2D eigenvalue weighted by atomic mass is 19.4. The van der Waals surface area contributed by atoms with Crippen molar-refractivity contribution in [2.45, 2.75) is 31.7 Å². The molecule has 0 saturated carbocycles. The quantitative estimate of drug-likeness (QED) is 0.365. The Labute approximate surface area is 211 Å². The minimum atomic E-state index is -4.52. The summed E-state index contributed by atoms with van der Waals surface area (Å²) in [7, 11) is 0. The Morgan fingerprint density at radius 1 is 1.11 bits per heavy atom. The maximum atomic E-state index is 13.5. The number of β-amino-alcohol motifs (C(OH)–C–C–N with tert-alkyl or cyclic N) is 1. The monoisotopic (exact) mass is 512 g/mol. The number of ether oxygens (including phenoxy) is 1. The number of aliphatic hydroxyl groups is 1. The van der Waals surface area contributed by atoms with Crippen LogP contribution in [0.15, 0.2) is 60.9 Å². The number of nitrogens with one attached hydrogen (secondary N) is 1. The molecule has 3 heterocycles. The first-order valence-corrected chi connectivity index (χ1v) is 12.1. The molecule has 1 saturated heterocycles. The molecule has 0 amide bonds. The average molecular weight is 513 g/mol. The van der Waals surface area contributed by atoms with Gasteiger partial charge in [0.05, 0.1) is 17.7 Å². The summed E-state index contributed by atoms with van der Waals surface area (Å²) in [5.41, 5.74) is 0.903. The van der Waals surface area contributed by atoms with Gasteiger partial charge >= 0.3 is 6.18 Å². The molecule has 2 aromatic heterocycles. The summed E-state index contributed by atoms with van der Waals surface area (Å²) in [6.07, 6.45) is 0.705. The van der Waals surface area contributed by atoms with E-state index in [2.05, 4.69) is 25.4 Å². The minimum Gasteiger partial charge on any atom is -0.488 e. The molecule has 1 aliphatic rings. The first-order chi connectivity index (χ1) is 17.9. The summed E-state index contributed by atoms with van der Waals surface area (Å²) in [5, 5.41) is 21.4. The molecule has 0 unspecified atom stereocenters.